The standard InChI is InChI=1S/C18H26ClN3O6/c1-10(9-20-4-6-21(19)7-5-20)22-11(16(24)25)8-18-3-2-12(28-18)13(17(26)27)14(18)15(22)23/h10-14H,2-9H2,1H3,(H,24,25)(H,26,27). The number of halogens is 1. The monoisotopic (exact) mass is 415 g/mol. The van der Waals surface area contributed by atoms with Crippen molar-refractivity contribution < 1.29 is 29.3 Å². The quantitative estimate of drug-likeness (QED) is 0.607. The molecule has 0 aliphatic carbocycles. The molecule has 6 atom stereocenters. The minimum absolute atomic E-state index is 0.152. The van der Waals surface area contributed by atoms with Crippen LogP contribution >= 0.6 is 11.8 Å². The molecule has 2 N–H and O–H groups in total. The molecule has 4 aliphatic heterocycles. The van der Waals surface area contributed by atoms with Crippen molar-refractivity contribution in [1.82, 2.24) is 14.2 Å². The van der Waals surface area contributed by atoms with Crippen LogP contribution in [0.3, 0.4) is 0 Å². The van der Waals surface area contributed by atoms with Crippen molar-refractivity contribution in [3.63, 3.8) is 0 Å². The van der Waals surface area contributed by atoms with Gasteiger partial charge in [0.2, 0.25) is 5.91 Å². The van der Waals surface area contributed by atoms with Crippen molar-refractivity contribution in [3.05, 3.63) is 0 Å². The molecule has 0 aromatic carbocycles. The van der Waals surface area contributed by atoms with Crippen molar-refractivity contribution in [2.45, 2.75) is 50.0 Å². The van der Waals surface area contributed by atoms with Gasteiger partial charge >= 0.3 is 11.9 Å². The molecule has 2 bridgehead atoms. The number of likely N-dealkylation sites (tertiary alicyclic amines) is 1. The third-order valence-corrected chi connectivity index (χ3v) is 7.18. The maximum absolute atomic E-state index is 13.4. The van der Waals surface area contributed by atoms with Crippen LogP contribution in [0.4, 0.5) is 0 Å². The zero-order chi connectivity index (χ0) is 20.2. The summed E-state index contributed by atoms with van der Waals surface area (Å²) in [4.78, 5) is 40.9. The number of piperazine rings is 1. The molecule has 4 heterocycles. The Bertz CT molecular complexity index is 684. The molecule has 6 unspecified atom stereocenters. The lowest BCUT2D eigenvalue weighted by atomic mass is 9.66. The molecule has 1 amide bonds. The van der Waals surface area contributed by atoms with Crippen molar-refractivity contribution in [2.75, 3.05) is 32.7 Å². The Morgan fingerprint density at radius 2 is 1.93 bits per heavy atom. The number of amides is 1. The number of piperidine rings is 1. The van der Waals surface area contributed by atoms with Crippen LogP contribution in [0.1, 0.15) is 26.2 Å². The zero-order valence-electron chi connectivity index (χ0n) is 15.8. The fraction of sp³-hybridized carbons (Fsp3) is 0.833. The van der Waals surface area contributed by atoms with E-state index < -0.39 is 47.4 Å². The third kappa shape index (κ3) is 3.08. The molecule has 4 saturated heterocycles. The highest BCUT2D eigenvalue weighted by molar-refractivity contribution is 6.13. The van der Waals surface area contributed by atoms with Crippen LogP contribution in [0.2, 0.25) is 0 Å². The van der Waals surface area contributed by atoms with Crippen molar-refractivity contribution >= 4 is 29.6 Å². The van der Waals surface area contributed by atoms with Gasteiger partial charge in [0.15, 0.2) is 0 Å². The van der Waals surface area contributed by atoms with Crippen LogP contribution < -0.4 is 0 Å². The second-order valence-electron chi connectivity index (χ2n) is 8.46. The first kappa shape index (κ1) is 19.9. The summed E-state index contributed by atoms with van der Waals surface area (Å²) in [6.07, 6.45) is 0.749. The molecule has 28 heavy (non-hydrogen) atoms. The first-order chi connectivity index (χ1) is 13.2. The molecule has 9 nitrogen and oxygen atoms in total. The molecule has 156 valence electrons. The van der Waals surface area contributed by atoms with E-state index in [0.29, 0.717) is 32.5 Å². The van der Waals surface area contributed by atoms with E-state index >= 15 is 0 Å². The number of rotatable bonds is 5. The maximum atomic E-state index is 13.4. The summed E-state index contributed by atoms with van der Waals surface area (Å²) in [7, 11) is 0. The summed E-state index contributed by atoms with van der Waals surface area (Å²) >= 11 is 5.99. The van der Waals surface area contributed by atoms with Gasteiger partial charge in [-0.3, -0.25) is 14.5 Å². The lowest BCUT2D eigenvalue weighted by Crippen LogP contribution is -2.65. The Hall–Kier alpha value is -1.42. The van der Waals surface area contributed by atoms with E-state index in [1.807, 2.05) is 6.92 Å². The van der Waals surface area contributed by atoms with Crippen molar-refractivity contribution in [1.29, 1.82) is 0 Å². The van der Waals surface area contributed by atoms with Gasteiger partial charge in [-0.2, -0.15) is 0 Å². The summed E-state index contributed by atoms with van der Waals surface area (Å²) in [5, 5.41) is 19.5. The van der Waals surface area contributed by atoms with E-state index in [0.717, 1.165) is 13.1 Å². The van der Waals surface area contributed by atoms with Gasteiger partial charge in [-0.05, 0) is 31.5 Å². The summed E-state index contributed by atoms with van der Waals surface area (Å²) < 4.78 is 7.67. The highest BCUT2D eigenvalue weighted by atomic mass is 35.5. The molecule has 0 saturated carbocycles. The number of fused-ring (bicyclic) bond motifs is 1. The number of carbonyl (C=O) groups is 3. The van der Waals surface area contributed by atoms with Gasteiger partial charge in [-0.25, -0.2) is 9.21 Å². The van der Waals surface area contributed by atoms with Crippen LogP contribution in [0.5, 0.6) is 0 Å². The number of ether oxygens (including phenoxy) is 1. The number of hydrogen-bond acceptors (Lipinski definition) is 6. The number of aliphatic carboxylic acids is 2. The minimum atomic E-state index is -1.07. The second kappa shape index (κ2) is 7.12. The van der Waals surface area contributed by atoms with Gasteiger partial charge in [0.1, 0.15) is 6.04 Å². The molecule has 0 aromatic heterocycles. The summed E-state index contributed by atoms with van der Waals surface area (Å²) in [6, 6.07) is -1.35. The van der Waals surface area contributed by atoms with Gasteiger partial charge in [-0.15, -0.1) is 0 Å². The molecule has 0 aromatic rings. The molecule has 4 fully saturated rings. The Morgan fingerprint density at radius 1 is 1.25 bits per heavy atom. The molecule has 10 heteroatoms. The first-order valence-electron chi connectivity index (χ1n) is 9.82. The Morgan fingerprint density at radius 3 is 2.54 bits per heavy atom. The van der Waals surface area contributed by atoms with E-state index in [9.17, 15) is 24.6 Å². The van der Waals surface area contributed by atoms with Gasteiger partial charge in [0.05, 0.1) is 23.5 Å². The number of hydrogen-bond donors (Lipinski definition) is 2. The van der Waals surface area contributed by atoms with Gasteiger partial charge < -0.3 is 19.8 Å². The van der Waals surface area contributed by atoms with Crippen LogP contribution in [0, 0.1) is 11.8 Å². The first-order valence-corrected chi connectivity index (χ1v) is 10.2. The molecular formula is C18H26ClN3O6. The summed E-state index contributed by atoms with van der Waals surface area (Å²) in [5.41, 5.74) is -0.950. The largest absolute Gasteiger partial charge is 0.481 e. The van der Waals surface area contributed by atoms with Crippen LogP contribution in [-0.2, 0) is 19.1 Å². The molecular weight excluding hydrogens is 390 g/mol. The highest BCUT2D eigenvalue weighted by Crippen LogP contribution is 2.56. The number of carboxylic acids is 2. The van der Waals surface area contributed by atoms with Gasteiger partial charge in [0.25, 0.3) is 0 Å². The Kier molecular flexibility index (Phi) is 5.06. The fourth-order valence-electron chi connectivity index (χ4n) is 5.63. The van der Waals surface area contributed by atoms with E-state index in [1.54, 1.807) is 4.42 Å². The maximum Gasteiger partial charge on any atom is 0.326 e. The number of carbonyl (C=O) groups excluding carboxylic acids is 1. The van der Waals surface area contributed by atoms with Gasteiger partial charge in [-0.1, -0.05) is 0 Å². The normalized spacial score (nSPS) is 39.8. The van der Waals surface area contributed by atoms with Crippen molar-refractivity contribution in [2.24, 2.45) is 11.8 Å². The summed E-state index contributed by atoms with van der Waals surface area (Å²) in [6.45, 7) is 5.25. The van der Waals surface area contributed by atoms with Crippen molar-refractivity contribution in [3.8, 4) is 0 Å². The topological polar surface area (TPSA) is 111 Å². The average Bonchev–Trinajstić information content (AvgIpc) is 3.18. The number of carboxylic acid groups (broad SMARTS) is 2. The lowest BCUT2D eigenvalue weighted by Gasteiger charge is -2.49. The van der Waals surface area contributed by atoms with E-state index in [2.05, 4.69) is 4.90 Å². The number of nitrogens with zero attached hydrogens (tertiary/aromatic N) is 3. The average molecular weight is 416 g/mol. The predicted molar refractivity (Wildman–Crippen MR) is 97.7 cm³/mol. The second-order valence-corrected chi connectivity index (χ2v) is 8.94. The fourth-order valence-corrected chi connectivity index (χ4v) is 5.78. The van der Waals surface area contributed by atoms with Gasteiger partial charge in [0, 0.05) is 45.2 Å². The highest BCUT2D eigenvalue weighted by Gasteiger charge is 2.69. The SMILES string of the molecule is CC(CN1CCN(Cl)CC1)N1C(=O)C2C(C(=O)O)C3CCC2(CC1C(=O)O)O3. The van der Waals surface area contributed by atoms with E-state index in [-0.39, 0.29) is 12.5 Å². The third-order valence-electron chi connectivity index (χ3n) is 6.84. The molecule has 1 spiro atoms. The van der Waals surface area contributed by atoms with Crippen LogP contribution in [-0.4, -0.2) is 98.8 Å². The zero-order valence-corrected chi connectivity index (χ0v) is 16.5. The lowest BCUT2D eigenvalue weighted by molar-refractivity contribution is -0.173. The van der Waals surface area contributed by atoms with E-state index in [1.165, 1.54) is 4.90 Å². The summed E-state index contributed by atoms with van der Waals surface area (Å²) in [5.74, 6) is -4.20. The Labute approximate surface area is 168 Å². The molecule has 0 radical (unpaired) electrons. The smallest absolute Gasteiger partial charge is 0.326 e. The van der Waals surface area contributed by atoms with Crippen LogP contribution in [0.25, 0.3) is 0 Å². The van der Waals surface area contributed by atoms with E-state index in [4.69, 9.17) is 16.5 Å². The molecule has 4 aliphatic rings. The minimum Gasteiger partial charge on any atom is -0.481 e. The Balaban J connectivity index is 1.58. The molecule has 4 rings (SSSR count). The predicted octanol–water partition coefficient (Wildman–Crippen LogP) is 0.0802. The van der Waals surface area contributed by atoms with Crippen LogP contribution in [0.15, 0.2) is 0 Å².